The number of carbonyl (C=O) groups is 4. The molecule has 11 heteroatoms. The zero-order chi connectivity index (χ0) is 18.5. The van der Waals surface area contributed by atoms with E-state index in [9.17, 15) is 27.6 Å². The molecule has 0 spiro atoms. The molecule has 2 rings (SSSR count). The van der Waals surface area contributed by atoms with Crippen molar-refractivity contribution in [3.8, 4) is 0 Å². The van der Waals surface area contributed by atoms with Gasteiger partial charge in [-0.2, -0.15) is 13.2 Å². The van der Waals surface area contributed by atoms with E-state index in [1.165, 1.54) is 36.4 Å². The van der Waals surface area contributed by atoms with Gasteiger partial charge in [-0.3, -0.25) is 19.8 Å². The number of nitrogens with zero attached hydrogens (tertiary/aromatic N) is 1. The van der Waals surface area contributed by atoms with Crippen LogP contribution in [0.25, 0.3) is 0 Å². The summed E-state index contributed by atoms with van der Waals surface area (Å²) in [7, 11) is 0. The molecule has 0 bridgehead atoms. The number of nitrogens with one attached hydrogen (secondary N) is 1. The number of rotatable bonds is 2. The summed E-state index contributed by atoms with van der Waals surface area (Å²) in [5, 5.41) is 7.12. The van der Waals surface area contributed by atoms with Crippen molar-refractivity contribution < 1.29 is 37.5 Å². The molecule has 4 N–H and O–H groups in total. The first-order chi connectivity index (χ1) is 11.1. The van der Waals surface area contributed by atoms with E-state index in [4.69, 9.17) is 15.7 Å². The third kappa shape index (κ3) is 4.64. The van der Waals surface area contributed by atoms with E-state index in [1.807, 2.05) is 5.43 Å². The van der Waals surface area contributed by atoms with Crippen molar-refractivity contribution in [1.82, 2.24) is 5.43 Å². The molecule has 1 heterocycles. The Labute approximate surface area is 132 Å². The largest absolute Gasteiger partial charge is 0.490 e. The first kappa shape index (κ1) is 18.8. The van der Waals surface area contributed by atoms with Crippen LogP contribution in [0.2, 0.25) is 0 Å². The number of aliphatic carboxylic acids is 1. The minimum Gasteiger partial charge on any atom is -0.475 e. The first-order valence-corrected chi connectivity index (χ1v) is 6.05. The lowest BCUT2D eigenvalue weighted by Gasteiger charge is -2.13. The second-order valence-electron chi connectivity index (χ2n) is 4.17. The molecule has 1 aliphatic heterocycles. The summed E-state index contributed by atoms with van der Waals surface area (Å²) in [6, 6.07) is 5.98. The predicted molar refractivity (Wildman–Crippen MR) is 73.4 cm³/mol. The minimum atomic E-state index is -5.08. The molecular formula is C13H10F3N3O5. The van der Waals surface area contributed by atoms with Crippen LogP contribution in [0, 0.1) is 0 Å². The number of alkyl halides is 3. The number of hydrogen-bond donors (Lipinski definition) is 3. The van der Waals surface area contributed by atoms with E-state index in [0.717, 1.165) is 4.90 Å². The molecule has 8 nitrogen and oxygen atoms in total. The number of imide groups is 1. The van der Waals surface area contributed by atoms with Gasteiger partial charge in [-0.25, -0.2) is 15.5 Å². The highest BCUT2D eigenvalue weighted by Crippen LogP contribution is 2.19. The quantitative estimate of drug-likeness (QED) is 0.307. The summed E-state index contributed by atoms with van der Waals surface area (Å²) in [5.41, 5.74) is 2.75. The topological polar surface area (TPSA) is 130 Å². The van der Waals surface area contributed by atoms with E-state index in [-0.39, 0.29) is 0 Å². The number of halogens is 3. The molecule has 0 unspecified atom stereocenters. The third-order valence-electron chi connectivity index (χ3n) is 2.57. The van der Waals surface area contributed by atoms with Gasteiger partial charge in [-0.1, -0.05) is 0 Å². The third-order valence-corrected chi connectivity index (χ3v) is 2.57. The summed E-state index contributed by atoms with van der Waals surface area (Å²) in [4.78, 5) is 43.9. The van der Waals surface area contributed by atoms with Gasteiger partial charge in [0.15, 0.2) is 0 Å². The van der Waals surface area contributed by atoms with Gasteiger partial charge in [0.05, 0.1) is 5.69 Å². The second-order valence-corrected chi connectivity index (χ2v) is 4.17. The zero-order valence-corrected chi connectivity index (χ0v) is 11.7. The van der Waals surface area contributed by atoms with Gasteiger partial charge in [0.25, 0.3) is 17.7 Å². The molecule has 1 aliphatic rings. The smallest absolute Gasteiger partial charge is 0.475 e. The van der Waals surface area contributed by atoms with Crippen molar-refractivity contribution in [3.05, 3.63) is 42.0 Å². The van der Waals surface area contributed by atoms with Crippen molar-refractivity contribution in [1.29, 1.82) is 0 Å². The van der Waals surface area contributed by atoms with Crippen molar-refractivity contribution in [2.24, 2.45) is 5.84 Å². The molecule has 0 fully saturated rings. The fourth-order valence-electron chi connectivity index (χ4n) is 1.50. The maximum absolute atomic E-state index is 11.4. The molecule has 0 saturated carbocycles. The van der Waals surface area contributed by atoms with Gasteiger partial charge in [0, 0.05) is 17.7 Å². The molecule has 3 amide bonds. The Morgan fingerprint density at radius 1 is 1.04 bits per heavy atom. The molecule has 0 radical (unpaired) electrons. The van der Waals surface area contributed by atoms with Crippen LogP contribution in [0.15, 0.2) is 36.4 Å². The average molecular weight is 345 g/mol. The average Bonchev–Trinajstić information content (AvgIpc) is 2.85. The van der Waals surface area contributed by atoms with Gasteiger partial charge >= 0.3 is 12.1 Å². The minimum absolute atomic E-state index is 0.350. The Bertz CT molecular complexity index is 680. The maximum atomic E-state index is 11.4. The summed E-state index contributed by atoms with van der Waals surface area (Å²) in [6.45, 7) is 0. The molecule has 0 aliphatic carbocycles. The van der Waals surface area contributed by atoms with Crippen molar-refractivity contribution in [2.75, 3.05) is 4.90 Å². The van der Waals surface area contributed by atoms with Crippen LogP contribution in [0.1, 0.15) is 10.4 Å². The first-order valence-electron chi connectivity index (χ1n) is 6.05. The fourth-order valence-corrected chi connectivity index (χ4v) is 1.50. The zero-order valence-electron chi connectivity index (χ0n) is 11.7. The number of benzene rings is 1. The Morgan fingerprint density at radius 2 is 1.46 bits per heavy atom. The van der Waals surface area contributed by atoms with Crippen LogP contribution in [0.4, 0.5) is 18.9 Å². The highest BCUT2D eigenvalue weighted by Gasteiger charge is 2.38. The van der Waals surface area contributed by atoms with Gasteiger partial charge in [0.2, 0.25) is 0 Å². The number of hydrazine groups is 1. The van der Waals surface area contributed by atoms with E-state index in [0.29, 0.717) is 11.3 Å². The summed E-state index contributed by atoms with van der Waals surface area (Å²) >= 11 is 0. The second kappa shape index (κ2) is 7.37. The summed E-state index contributed by atoms with van der Waals surface area (Å²) in [6.07, 6.45) is -2.69. The Morgan fingerprint density at radius 3 is 1.79 bits per heavy atom. The van der Waals surface area contributed by atoms with Crippen molar-refractivity contribution in [3.63, 3.8) is 0 Å². The lowest BCUT2D eigenvalue weighted by atomic mass is 10.2. The number of carbonyl (C=O) groups excluding carboxylic acids is 3. The molecular weight excluding hydrogens is 335 g/mol. The number of amides is 3. The van der Waals surface area contributed by atoms with Crippen LogP contribution in [-0.4, -0.2) is 35.0 Å². The fraction of sp³-hybridized carbons (Fsp3) is 0.0769. The lowest BCUT2D eigenvalue weighted by Crippen LogP contribution is -2.31. The van der Waals surface area contributed by atoms with E-state index in [1.54, 1.807) is 0 Å². The van der Waals surface area contributed by atoms with Crippen LogP contribution in [0.5, 0.6) is 0 Å². The number of hydrogen-bond acceptors (Lipinski definition) is 5. The molecule has 128 valence electrons. The highest BCUT2D eigenvalue weighted by atomic mass is 19.4. The number of carboxylic acid groups (broad SMARTS) is 1. The van der Waals surface area contributed by atoms with Crippen LogP contribution >= 0.6 is 0 Å². The maximum Gasteiger partial charge on any atom is 0.490 e. The van der Waals surface area contributed by atoms with Gasteiger partial charge < -0.3 is 5.11 Å². The number of carboxylic acids is 1. The van der Waals surface area contributed by atoms with Crippen LogP contribution < -0.4 is 16.2 Å². The summed E-state index contributed by atoms with van der Waals surface area (Å²) < 4.78 is 31.7. The lowest BCUT2D eigenvalue weighted by molar-refractivity contribution is -0.192. The molecule has 0 saturated heterocycles. The number of nitrogen functional groups attached to an aromatic ring is 1. The number of anilines is 1. The van der Waals surface area contributed by atoms with Gasteiger partial charge in [0.1, 0.15) is 0 Å². The SMILES string of the molecule is NNC(=O)c1ccc(N2C(=O)C=CC2=O)cc1.O=C(O)C(F)(F)F. The molecule has 1 aromatic rings. The van der Waals surface area contributed by atoms with Crippen molar-refractivity contribution >= 4 is 29.4 Å². The Hall–Kier alpha value is -3.21. The molecule has 0 aromatic heterocycles. The van der Waals surface area contributed by atoms with Crippen LogP contribution in [0.3, 0.4) is 0 Å². The number of nitrogens with two attached hydrogens (primary N) is 1. The van der Waals surface area contributed by atoms with Crippen molar-refractivity contribution in [2.45, 2.75) is 6.18 Å². The monoisotopic (exact) mass is 345 g/mol. The molecule has 0 atom stereocenters. The highest BCUT2D eigenvalue weighted by molar-refractivity contribution is 6.28. The molecule has 24 heavy (non-hydrogen) atoms. The normalized spacial score (nSPS) is 13.4. The van der Waals surface area contributed by atoms with E-state index < -0.39 is 29.9 Å². The molecule has 1 aromatic carbocycles. The Kier molecular flexibility index (Phi) is 5.79. The van der Waals surface area contributed by atoms with Gasteiger partial charge in [-0.05, 0) is 24.3 Å². The van der Waals surface area contributed by atoms with Gasteiger partial charge in [-0.15, -0.1) is 0 Å². The standard InChI is InChI=1S/C11H9N3O3.C2HF3O2/c12-13-11(17)7-1-3-8(4-2-7)14-9(15)5-6-10(14)16;3-2(4,5)1(6)7/h1-6H,12H2,(H,13,17);(H,6,7). The Balaban J connectivity index is 0.000000351. The van der Waals surface area contributed by atoms with E-state index in [2.05, 4.69) is 0 Å². The van der Waals surface area contributed by atoms with Crippen LogP contribution in [-0.2, 0) is 14.4 Å². The predicted octanol–water partition coefficient (Wildman–Crippen LogP) is 0.353. The summed E-state index contributed by atoms with van der Waals surface area (Å²) in [5.74, 6) is 0.993. The van der Waals surface area contributed by atoms with E-state index >= 15 is 0 Å².